The molecule has 6 nitrogen and oxygen atoms in total. The van der Waals surface area contributed by atoms with Crippen molar-refractivity contribution in [1.29, 1.82) is 0 Å². The lowest BCUT2D eigenvalue weighted by Gasteiger charge is -2.33. The van der Waals surface area contributed by atoms with E-state index >= 15 is 0 Å². The van der Waals surface area contributed by atoms with Crippen molar-refractivity contribution in [3.63, 3.8) is 0 Å². The van der Waals surface area contributed by atoms with E-state index in [1.54, 1.807) is 30.6 Å². The molecule has 1 aliphatic heterocycles. The Morgan fingerprint density at radius 1 is 1.41 bits per heavy atom. The summed E-state index contributed by atoms with van der Waals surface area (Å²) in [6.07, 6.45) is 1.88. The Morgan fingerprint density at radius 3 is 2.91 bits per heavy atom. The van der Waals surface area contributed by atoms with Gasteiger partial charge >= 0.3 is 5.97 Å². The van der Waals surface area contributed by atoms with Crippen molar-refractivity contribution in [1.82, 2.24) is 14.9 Å². The molecular weight excluding hydrogens is 306 g/mol. The predicted molar refractivity (Wildman–Crippen MR) is 79.4 cm³/mol. The number of carbonyl (C=O) groups is 2. The van der Waals surface area contributed by atoms with E-state index in [1.807, 2.05) is 0 Å². The number of H-pyrrole nitrogens is 1. The number of amides is 1. The maximum atomic E-state index is 12.8. The number of nitrogens with one attached hydrogen (secondary N) is 1. The van der Waals surface area contributed by atoms with Gasteiger partial charge in [0.05, 0.1) is 42.0 Å². The quantitative estimate of drug-likeness (QED) is 0.857. The van der Waals surface area contributed by atoms with Crippen molar-refractivity contribution >= 4 is 23.5 Å². The summed E-state index contributed by atoms with van der Waals surface area (Å²) < 4.78 is 4.82. The monoisotopic (exact) mass is 319 g/mol. The van der Waals surface area contributed by atoms with Crippen molar-refractivity contribution < 1.29 is 14.3 Å². The van der Waals surface area contributed by atoms with Crippen LogP contribution in [0.5, 0.6) is 0 Å². The largest absolute Gasteiger partial charge is 0.467 e. The fourth-order valence-electron chi connectivity index (χ4n) is 2.59. The Labute approximate surface area is 132 Å². The first-order valence-corrected chi connectivity index (χ1v) is 7.14. The minimum absolute atomic E-state index is 0.263. The molecule has 0 saturated heterocycles. The Morgan fingerprint density at radius 2 is 2.18 bits per heavy atom. The fraction of sp³-hybridized carbons (Fsp3) is 0.267. The predicted octanol–water partition coefficient (Wildman–Crippen LogP) is 1.80. The Kier molecular flexibility index (Phi) is 3.85. The second-order valence-electron chi connectivity index (χ2n) is 4.98. The molecule has 1 unspecified atom stereocenters. The van der Waals surface area contributed by atoms with E-state index in [2.05, 4.69) is 9.97 Å². The Hall–Kier alpha value is -2.34. The topological polar surface area (TPSA) is 75.3 Å². The summed E-state index contributed by atoms with van der Waals surface area (Å²) in [7, 11) is 1.31. The van der Waals surface area contributed by atoms with E-state index in [0.29, 0.717) is 17.0 Å². The zero-order valence-corrected chi connectivity index (χ0v) is 12.6. The number of esters is 1. The minimum Gasteiger partial charge on any atom is -0.467 e. The number of benzene rings is 1. The van der Waals surface area contributed by atoms with E-state index in [0.717, 1.165) is 11.4 Å². The molecule has 22 heavy (non-hydrogen) atoms. The van der Waals surface area contributed by atoms with Crippen LogP contribution < -0.4 is 0 Å². The highest BCUT2D eigenvalue weighted by Gasteiger charge is 2.37. The van der Waals surface area contributed by atoms with Crippen molar-refractivity contribution in [2.75, 3.05) is 7.11 Å². The van der Waals surface area contributed by atoms with Gasteiger partial charge < -0.3 is 14.6 Å². The number of ether oxygens (including phenoxy) is 1. The SMILES string of the molecule is COC(=O)C1Cc2nc[nH]c2CN1C(=O)c1ccccc1Cl. The number of hydrogen-bond donors (Lipinski definition) is 1. The second-order valence-corrected chi connectivity index (χ2v) is 5.39. The Balaban J connectivity index is 1.97. The van der Waals surface area contributed by atoms with Gasteiger partial charge in [-0.3, -0.25) is 4.79 Å². The molecule has 0 spiro atoms. The third-order valence-corrected chi connectivity index (χ3v) is 4.07. The van der Waals surface area contributed by atoms with Crippen LogP contribution in [-0.4, -0.2) is 39.9 Å². The van der Waals surface area contributed by atoms with Gasteiger partial charge in [0.2, 0.25) is 0 Å². The zero-order valence-electron chi connectivity index (χ0n) is 11.9. The molecule has 1 amide bonds. The van der Waals surface area contributed by atoms with E-state index in [-0.39, 0.29) is 12.5 Å². The van der Waals surface area contributed by atoms with Gasteiger partial charge in [-0.25, -0.2) is 9.78 Å². The summed E-state index contributed by atoms with van der Waals surface area (Å²) in [6.45, 7) is 0.263. The molecule has 1 N–H and O–H groups in total. The van der Waals surface area contributed by atoms with Crippen molar-refractivity contribution in [3.05, 3.63) is 52.6 Å². The third kappa shape index (κ3) is 2.46. The first kappa shape index (κ1) is 14.6. The molecule has 3 rings (SSSR count). The third-order valence-electron chi connectivity index (χ3n) is 3.74. The minimum atomic E-state index is -0.704. The molecule has 0 radical (unpaired) electrons. The second kappa shape index (κ2) is 5.81. The molecular formula is C15H14ClN3O3. The first-order valence-electron chi connectivity index (χ1n) is 6.76. The number of rotatable bonds is 2. The average Bonchev–Trinajstić information content (AvgIpc) is 3.00. The van der Waals surface area contributed by atoms with Gasteiger partial charge in [-0.1, -0.05) is 23.7 Å². The van der Waals surface area contributed by atoms with Gasteiger partial charge in [0.15, 0.2) is 0 Å². The van der Waals surface area contributed by atoms with Gasteiger partial charge in [0.1, 0.15) is 6.04 Å². The summed E-state index contributed by atoms with van der Waals surface area (Å²) >= 11 is 6.09. The molecule has 0 aliphatic carbocycles. The van der Waals surface area contributed by atoms with Crippen LogP contribution in [0.3, 0.4) is 0 Å². The van der Waals surface area contributed by atoms with Gasteiger partial charge in [-0.05, 0) is 12.1 Å². The first-order chi connectivity index (χ1) is 10.6. The van der Waals surface area contributed by atoms with E-state index in [1.165, 1.54) is 12.0 Å². The maximum Gasteiger partial charge on any atom is 0.329 e. The number of halogens is 1. The summed E-state index contributed by atoms with van der Waals surface area (Å²) in [5.41, 5.74) is 1.96. The lowest BCUT2D eigenvalue weighted by Crippen LogP contribution is -2.49. The Bertz CT molecular complexity index is 728. The molecule has 1 atom stereocenters. The van der Waals surface area contributed by atoms with Crippen molar-refractivity contribution in [2.24, 2.45) is 0 Å². The normalized spacial score (nSPS) is 17.0. The molecule has 0 saturated carbocycles. The maximum absolute atomic E-state index is 12.8. The van der Waals surface area contributed by atoms with Crippen LogP contribution in [0.25, 0.3) is 0 Å². The van der Waals surface area contributed by atoms with Gasteiger partial charge in [-0.2, -0.15) is 0 Å². The fourth-order valence-corrected chi connectivity index (χ4v) is 2.80. The number of hydrogen-bond acceptors (Lipinski definition) is 4. The zero-order chi connectivity index (χ0) is 15.7. The number of aromatic nitrogens is 2. The molecule has 114 valence electrons. The lowest BCUT2D eigenvalue weighted by atomic mass is 10.0. The van der Waals surface area contributed by atoms with Crippen LogP contribution in [0.2, 0.25) is 5.02 Å². The van der Waals surface area contributed by atoms with E-state index in [9.17, 15) is 9.59 Å². The number of methoxy groups -OCH3 is 1. The molecule has 1 aromatic carbocycles. The smallest absolute Gasteiger partial charge is 0.329 e. The standard InChI is InChI=1S/C15H14ClN3O3/c1-22-15(21)13-6-11-12(18-8-17-11)7-19(13)14(20)9-4-2-3-5-10(9)16/h2-5,8,13H,6-7H2,1H3,(H,17,18). The summed E-state index contributed by atoms with van der Waals surface area (Å²) in [5, 5.41) is 0.353. The van der Waals surface area contributed by atoms with Crippen LogP contribution in [0.4, 0.5) is 0 Å². The number of carbonyl (C=O) groups excluding carboxylic acids is 2. The van der Waals surface area contributed by atoms with E-state index < -0.39 is 12.0 Å². The summed E-state index contributed by atoms with van der Waals surface area (Å²) in [6, 6.07) is 6.07. The van der Waals surface area contributed by atoms with Crippen LogP contribution in [-0.2, 0) is 22.5 Å². The summed E-state index contributed by atoms with van der Waals surface area (Å²) in [5.74, 6) is -0.768. The highest BCUT2D eigenvalue weighted by molar-refractivity contribution is 6.33. The molecule has 7 heteroatoms. The number of aromatic amines is 1. The molecule has 1 aliphatic rings. The van der Waals surface area contributed by atoms with Crippen LogP contribution in [0.15, 0.2) is 30.6 Å². The molecule has 1 aromatic heterocycles. The van der Waals surface area contributed by atoms with Gasteiger partial charge in [0.25, 0.3) is 5.91 Å². The van der Waals surface area contributed by atoms with Crippen molar-refractivity contribution in [2.45, 2.75) is 19.0 Å². The number of imidazole rings is 1. The number of nitrogens with zero attached hydrogens (tertiary/aromatic N) is 2. The average molecular weight is 320 g/mol. The van der Waals surface area contributed by atoms with Crippen LogP contribution in [0.1, 0.15) is 21.7 Å². The van der Waals surface area contributed by atoms with Crippen molar-refractivity contribution in [3.8, 4) is 0 Å². The van der Waals surface area contributed by atoms with Crippen LogP contribution in [0, 0.1) is 0 Å². The van der Waals surface area contributed by atoms with Crippen LogP contribution >= 0.6 is 11.6 Å². The molecule has 2 aromatic rings. The highest BCUT2D eigenvalue weighted by atomic mass is 35.5. The lowest BCUT2D eigenvalue weighted by molar-refractivity contribution is -0.146. The van der Waals surface area contributed by atoms with E-state index in [4.69, 9.17) is 16.3 Å². The molecule has 0 bridgehead atoms. The number of fused-ring (bicyclic) bond motifs is 1. The molecule has 2 heterocycles. The highest BCUT2D eigenvalue weighted by Crippen LogP contribution is 2.25. The van der Waals surface area contributed by atoms with Gasteiger partial charge in [0, 0.05) is 6.42 Å². The molecule has 0 fully saturated rings. The summed E-state index contributed by atoms with van der Waals surface area (Å²) in [4.78, 5) is 33.5. The van der Waals surface area contributed by atoms with Gasteiger partial charge in [-0.15, -0.1) is 0 Å².